The first-order valence-electron chi connectivity index (χ1n) is 23.8. The number of aromatic nitrogens is 7. The molecule has 2 amide bonds. The van der Waals surface area contributed by atoms with E-state index in [9.17, 15) is 9.59 Å². The van der Waals surface area contributed by atoms with Crippen molar-refractivity contribution < 1.29 is 9.59 Å². The maximum absolute atomic E-state index is 13.0. The van der Waals surface area contributed by atoms with Crippen LogP contribution in [0.4, 0.5) is 11.4 Å². The van der Waals surface area contributed by atoms with E-state index in [0.717, 1.165) is 99.2 Å². The van der Waals surface area contributed by atoms with Crippen LogP contribution in [-0.2, 0) is 13.1 Å². The normalized spacial score (nSPS) is 14.4. The number of hydrogen-bond donors (Lipinski definition) is 2. The van der Waals surface area contributed by atoms with Crippen LogP contribution in [0.2, 0.25) is 0 Å². The summed E-state index contributed by atoms with van der Waals surface area (Å²) in [5.41, 5.74) is 12.8. The molecule has 0 spiro atoms. The number of anilines is 2. The highest BCUT2D eigenvalue weighted by Crippen LogP contribution is 2.21. The SMILES string of the molecule is Cc1cc(NC(=O)c2cncc(C#Cc3cnc4cccnn34)c2)ccc1CN1CCN(C)CC1.Cc1ccc(C(=O)Nc2ccc(CN3CCN(C)CC3)c(C)c2)cc1C#Cc1cnc2cccnn12. The van der Waals surface area contributed by atoms with Gasteiger partial charge in [0.15, 0.2) is 11.3 Å². The van der Waals surface area contributed by atoms with E-state index in [2.05, 4.69) is 125 Å². The van der Waals surface area contributed by atoms with Crippen LogP contribution >= 0.6 is 0 Å². The van der Waals surface area contributed by atoms with Gasteiger partial charge >= 0.3 is 0 Å². The molecule has 15 nitrogen and oxygen atoms in total. The Hall–Kier alpha value is -8.05. The molecule has 0 bridgehead atoms. The Morgan fingerprint density at radius 3 is 1.59 bits per heavy atom. The third kappa shape index (κ3) is 12.2. The summed E-state index contributed by atoms with van der Waals surface area (Å²) in [6.45, 7) is 16.8. The molecule has 2 aliphatic rings. The summed E-state index contributed by atoms with van der Waals surface area (Å²) < 4.78 is 3.38. The summed E-state index contributed by atoms with van der Waals surface area (Å²) in [6.07, 6.45) is 9.96. The van der Waals surface area contributed by atoms with Crippen LogP contribution < -0.4 is 10.6 Å². The Labute approximate surface area is 414 Å². The van der Waals surface area contributed by atoms with Gasteiger partial charge in [-0.3, -0.25) is 24.4 Å². The van der Waals surface area contributed by atoms with Gasteiger partial charge in [0.2, 0.25) is 0 Å². The third-order valence-electron chi connectivity index (χ3n) is 12.9. The van der Waals surface area contributed by atoms with Crippen molar-refractivity contribution in [3.8, 4) is 23.7 Å². The van der Waals surface area contributed by atoms with Gasteiger partial charge in [-0.25, -0.2) is 19.0 Å². The number of benzene rings is 3. The van der Waals surface area contributed by atoms with Crippen molar-refractivity contribution in [2.24, 2.45) is 0 Å². The molecule has 0 aliphatic carbocycles. The molecule has 0 saturated carbocycles. The van der Waals surface area contributed by atoms with Gasteiger partial charge < -0.3 is 20.4 Å². The number of amides is 2. The highest BCUT2D eigenvalue weighted by molar-refractivity contribution is 6.05. The summed E-state index contributed by atoms with van der Waals surface area (Å²) in [5.74, 6) is 12.1. The highest BCUT2D eigenvalue weighted by Gasteiger charge is 2.17. The van der Waals surface area contributed by atoms with Crippen molar-refractivity contribution in [1.82, 2.24) is 53.8 Å². The topological polar surface area (TPSA) is 144 Å². The number of rotatable bonds is 8. The first-order valence-corrected chi connectivity index (χ1v) is 23.8. The van der Waals surface area contributed by atoms with E-state index < -0.39 is 0 Å². The van der Waals surface area contributed by atoms with Crippen LogP contribution in [0.3, 0.4) is 0 Å². The Bertz CT molecular complexity index is 3340. The maximum atomic E-state index is 13.0. The molecule has 2 N–H and O–H groups in total. The number of fused-ring (bicyclic) bond motifs is 2. The van der Waals surface area contributed by atoms with Gasteiger partial charge in [0.05, 0.1) is 18.0 Å². The Morgan fingerprint density at radius 2 is 1.06 bits per heavy atom. The molecule has 10 rings (SSSR count). The van der Waals surface area contributed by atoms with E-state index in [-0.39, 0.29) is 11.8 Å². The van der Waals surface area contributed by atoms with Crippen LogP contribution in [0.15, 0.2) is 122 Å². The molecule has 0 unspecified atom stereocenters. The monoisotopic (exact) mass is 943 g/mol. The lowest BCUT2D eigenvalue weighted by Gasteiger charge is -2.32. The molecule has 358 valence electrons. The number of hydrogen-bond acceptors (Lipinski definition) is 11. The number of imidazole rings is 2. The number of carbonyl (C=O) groups is 2. The van der Waals surface area contributed by atoms with Crippen molar-refractivity contribution in [2.45, 2.75) is 33.9 Å². The lowest BCUT2D eigenvalue weighted by molar-refractivity contribution is 0.101. The quantitative estimate of drug-likeness (QED) is 0.160. The van der Waals surface area contributed by atoms with Crippen LogP contribution in [0.25, 0.3) is 11.3 Å². The smallest absolute Gasteiger partial charge is 0.257 e. The lowest BCUT2D eigenvalue weighted by Crippen LogP contribution is -2.43. The second-order valence-corrected chi connectivity index (χ2v) is 18.2. The van der Waals surface area contributed by atoms with Gasteiger partial charge in [-0.2, -0.15) is 10.2 Å². The van der Waals surface area contributed by atoms with Crippen molar-refractivity contribution in [3.63, 3.8) is 0 Å². The summed E-state index contributed by atoms with van der Waals surface area (Å²) in [5, 5.41) is 14.6. The van der Waals surface area contributed by atoms with Crippen LogP contribution in [0, 0.1) is 44.5 Å². The number of aryl methyl sites for hydroxylation is 3. The minimum absolute atomic E-state index is 0.152. The van der Waals surface area contributed by atoms with E-state index in [1.165, 1.54) is 22.3 Å². The maximum Gasteiger partial charge on any atom is 0.257 e. The van der Waals surface area contributed by atoms with E-state index in [1.807, 2.05) is 67.6 Å². The standard InChI is InChI=1S/C29H30N6O.C27H27N7O/c1-21-6-7-24(18-23(21)9-11-27-19-30-28-5-4-12-31-35(27)28)29(36)32-26-10-8-25(22(2)17-26)20-34-15-13-33(3)14-16-34;1-20-14-24(7-6-22(20)19-33-12-10-32(2)11-13-33)31-27(35)23-15-21(16-28-17-23)5-8-25-18-29-26-4-3-9-30-34(25)26/h4-8,10,12,17-19H,13-16,20H2,1-3H3,(H,32,36);3-4,6-7,9,14-18H,10-13,19H2,1-2H3,(H,31,35). The van der Waals surface area contributed by atoms with Crippen molar-refractivity contribution in [1.29, 1.82) is 0 Å². The molecule has 71 heavy (non-hydrogen) atoms. The zero-order chi connectivity index (χ0) is 49.3. The molecule has 8 aromatic rings. The molecule has 2 fully saturated rings. The summed E-state index contributed by atoms with van der Waals surface area (Å²) in [6, 6.07) is 27.0. The van der Waals surface area contributed by atoms with Gasteiger partial charge in [-0.05, 0) is 141 Å². The molecule has 15 heteroatoms. The molecule has 2 saturated heterocycles. The fourth-order valence-corrected chi connectivity index (χ4v) is 8.43. The average Bonchev–Trinajstić information content (AvgIpc) is 4.00. The minimum atomic E-state index is -0.219. The van der Waals surface area contributed by atoms with Crippen LogP contribution in [-0.4, -0.2) is 132 Å². The number of piperazine rings is 2. The molecule has 0 radical (unpaired) electrons. The Morgan fingerprint density at radius 1 is 0.535 bits per heavy atom. The summed E-state index contributed by atoms with van der Waals surface area (Å²) >= 11 is 0. The summed E-state index contributed by atoms with van der Waals surface area (Å²) in [7, 11) is 4.33. The predicted octanol–water partition coefficient (Wildman–Crippen LogP) is 6.58. The Kier molecular flexibility index (Phi) is 15.0. The van der Waals surface area contributed by atoms with Crippen molar-refractivity contribution >= 4 is 34.5 Å². The molecule has 3 aromatic carbocycles. The Balaban J connectivity index is 0.000000176. The second-order valence-electron chi connectivity index (χ2n) is 18.2. The van der Waals surface area contributed by atoms with E-state index in [4.69, 9.17) is 0 Å². The second kappa shape index (κ2) is 22.1. The third-order valence-corrected chi connectivity index (χ3v) is 12.9. The van der Waals surface area contributed by atoms with E-state index in [0.29, 0.717) is 28.1 Å². The minimum Gasteiger partial charge on any atom is -0.322 e. The first kappa shape index (κ1) is 48.0. The van der Waals surface area contributed by atoms with Crippen molar-refractivity contribution in [2.75, 3.05) is 77.1 Å². The number of carbonyl (C=O) groups excluding carboxylic acids is 2. The number of likely N-dealkylation sites (N-methyl/N-ethyl adjacent to an activating group) is 2. The summed E-state index contributed by atoms with van der Waals surface area (Å²) in [4.78, 5) is 48.4. The lowest BCUT2D eigenvalue weighted by atomic mass is 10.0. The van der Waals surface area contributed by atoms with Gasteiger partial charge in [0.25, 0.3) is 11.8 Å². The number of pyridine rings is 1. The number of nitrogens with one attached hydrogen (secondary N) is 2. The molecular weight excluding hydrogens is 887 g/mol. The molecular formula is C56H57N13O2. The fraction of sp³-hybridized carbons (Fsp3) is 0.268. The van der Waals surface area contributed by atoms with E-state index >= 15 is 0 Å². The van der Waals surface area contributed by atoms with Gasteiger partial charge in [0.1, 0.15) is 11.4 Å². The molecule has 7 heterocycles. The zero-order valence-corrected chi connectivity index (χ0v) is 40.9. The van der Waals surface area contributed by atoms with Gasteiger partial charge in [-0.1, -0.05) is 30.0 Å². The van der Waals surface area contributed by atoms with Gasteiger partial charge in [0, 0.05) is 118 Å². The van der Waals surface area contributed by atoms with E-state index in [1.54, 1.807) is 52.3 Å². The first-order chi connectivity index (χ1) is 34.5. The largest absolute Gasteiger partial charge is 0.322 e. The average molecular weight is 944 g/mol. The van der Waals surface area contributed by atoms with Crippen LogP contribution in [0.5, 0.6) is 0 Å². The molecule has 2 aliphatic heterocycles. The predicted molar refractivity (Wildman–Crippen MR) is 277 cm³/mol. The highest BCUT2D eigenvalue weighted by atomic mass is 16.2. The van der Waals surface area contributed by atoms with Crippen LogP contribution in [0.1, 0.15) is 71.0 Å². The van der Waals surface area contributed by atoms with Gasteiger partial charge in [-0.15, -0.1) is 0 Å². The number of nitrogens with zero attached hydrogens (tertiary/aromatic N) is 11. The fourth-order valence-electron chi connectivity index (χ4n) is 8.43. The zero-order valence-electron chi connectivity index (χ0n) is 40.9. The van der Waals surface area contributed by atoms with Crippen molar-refractivity contribution in [3.05, 3.63) is 184 Å². The molecule has 5 aromatic heterocycles. The molecule has 0 atom stereocenters.